The van der Waals surface area contributed by atoms with Crippen LogP contribution in [0.2, 0.25) is 5.15 Å². The Morgan fingerprint density at radius 1 is 1.21 bits per heavy atom. The largest absolute Gasteiger partial charge is 0.366 e. The van der Waals surface area contributed by atoms with Crippen molar-refractivity contribution in [3.05, 3.63) is 17.0 Å². The molecule has 0 aliphatic carbocycles. The van der Waals surface area contributed by atoms with Gasteiger partial charge in [0.2, 0.25) is 0 Å². The Balaban J connectivity index is 2.33. The summed E-state index contributed by atoms with van der Waals surface area (Å²) in [7, 11) is 0. The Bertz CT molecular complexity index is 458. The summed E-state index contributed by atoms with van der Waals surface area (Å²) in [6, 6.07) is 1.83. The minimum Gasteiger partial charge on any atom is -0.366 e. The molecule has 0 saturated carbocycles. The number of anilines is 1. The van der Waals surface area contributed by atoms with E-state index in [-0.39, 0.29) is 11.2 Å². The molecule has 1 aromatic rings. The van der Waals surface area contributed by atoms with Gasteiger partial charge in [-0.25, -0.2) is 9.97 Å². The van der Waals surface area contributed by atoms with E-state index in [1.54, 1.807) is 0 Å². The van der Waals surface area contributed by atoms with Crippen LogP contribution in [0.15, 0.2) is 6.07 Å². The van der Waals surface area contributed by atoms with Crippen molar-refractivity contribution >= 4 is 17.4 Å². The molecule has 106 valence electrons. The Hall–Kier alpha value is -0.870. The smallest absolute Gasteiger partial charge is 0.134 e. The Morgan fingerprint density at radius 3 is 2.32 bits per heavy atom. The van der Waals surface area contributed by atoms with Crippen LogP contribution in [0.1, 0.15) is 40.4 Å². The molecule has 19 heavy (non-hydrogen) atoms. The molecule has 0 N–H and O–H groups in total. The molecular weight excluding hydrogens is 262 g/mol. The number of hydrogen-bond donors (Lipinski definition) is 0. The Kier molecular flexibility index (Phi) is 3.76. The van der Waals surface area contributed by atoms with Gasteiger partial charge in [-0.15, -0.1) is 0 Å². The summed E-state index contributed by atoms with van der Waals surface area (Å²) in [6.45, 7) is 12.0. The van der Waals surface area contributed by atoms with Gasteiger partial charge in [-0.1, -0.05) is 18.5 Å². The molecule has 0 unspecified atom stereocenters. The lowest BCUT2D eigenvalue weighted by molar-refractivity contribution is -0.133. The number of aromatic nitrogens is 2. The van der Waals surface area contributed by atoms with E-state index in [4.69, 9.17) is 16.3 Å². The van der Waals surface area contributed by atoms with Gasteiger partial charge in [0, 0.05) is 25.6 Å². The van der Waals surface area contributed by atoms with Gasteiger partial charge in [0.1, 0.15) is 16.8 Å². The molecule has 2 heterocycles. The maximum absolute atomic E-state index is 6.08. The molecule has 0 atom stereocenters. The van der Waals surface area contributed by atoms with E-state index < -0.39 is 0 Å². The van der Waals surface area contributed by atoms with Gasteiger partial charge >= 0.3 is 0 Å². The maximum atomic E-state index is 6.08. The standard InChI is InChI=1S/C14H22ClN3O/c1-6-11-16-10(15)7-12(17-11)18-8-13(2,3)19-14(4,5)9-18/h7H,6,8-9H2,1-5H3. The van der Waals surface area contributed by atoms with Crippen LogP contribution in [0, 0.1) is 0 Å². The number of halogens is 1. The van der Waals surface area contributed by atoms with E-state index >= 15 is 0 Å². The van der Waals surface area contributed by atoms with Gasteiger partial charge in [-0.2, -0.15) is 0 Å². The third-order valence-electron chi connectivity index (χ3n) is 3.06. The van der Waals surface area contributed by atoms with Crippen LogP contribution in [0.4, 0.5) is 5.82 Å². The van der Waals surface area contributed by atoms with Crippen LogP contribution < -0.4 is 4.90 Å². The molecule has 0 bridgehead atoms. The summed E-state index contributed by atoms with van der Waals surface area (Å²) >= 11 is 6.08. The van der Waals surface area contributed by atoms with Gasteiger partial charge in [0.25, 0.3) is 0 Å². The highest BCUT2D eigenvalue weighted by Crippen LogP contribution is 2.31. The zero-order valence-electron chi connectivity index (χ0n) is 12.3. The first-order valence-electron chi connectivity index (χ1n) is 6.69. The summed E-state index contributed by atoms with van der Waals surface area (Å²) < 4.78 is 6.08. The predicted molar refractivity (Wildman–Crippen MR) is 77.9 cm³/mol. The molecule has 1 fully saturated rings. The number of rotatable bonds is 2. The SMILES string of the molecule is CCc1nc(Cl)cc(N2CC(C)(C)OC(C)(C)C2)n1. The van der Waals surface area contributed by atoms with Crippen molar-refractivity contribution in [2.45, 2.75) is 52.2 Å². The second-order valence-corrected chi connectivity index (χ2v) is 6.68. The Morgan fingerprint density at radius 2 is 1.79 bits per heavy atom. The summed E-state index contributed by atoms with van der Waals surface area (Å²) in [5.74, 6) is 1.67. The van der Waals surface area contributed by atoms with E-state index in [0.29, 0.717) is 5.15 Å². The highest BCUT2D eigenvalue weighted by Gasteiger charge is 2.38. The maximum Gasteiger partial charge on any atom is 0.134 e. The second-order valence-electron chi connectivity index (χ2n) is 6.30. The normalized spacial score (nSPS) is 21.5. The number of hydrogen-bond acceptors (Lipinski definition) is 4. The van der Waals surface area contributed by atoms with E-state index in [0.717, 1.165) is 31.2 Å². The molecule has 1 aliphatic heterocycles. The van der Waals surface area contributed by atoms with Crippen LogP contribution in [0.3, 0.4) is 0 Å². The van der Waals surface area contributed by atoms with Crippen molar-refractivity contribution < 1.29 is 4.74 Å². The molecule has 4 nitrogen and oxygen atoms in total. The molecule has 2 rings (SSSR count). The molecule has 1 saturated heterocycles. The van der Waals surface area contributed by atoms with Crippen molar-refractivity contribution in [2.24, 2.45) is 0 Å². The third kappa shape index (κ3) is 3.57. The molecule has 1 aliphatic rings. The molecule has 1 aromatic heterocycles. The van der Waals surface area contributed by atoms with E-state index in [1.165, 1.54) is 0 Å². The average molecular weight is 284 g/mol. The first-order valence-corrected chi connectivity index (χ1v) is 7.07. The third-order valence-corrected chi connectivity index (χ3v) is 3.26. The van der Waals surface area contributed by atoms with Crippen molar-refractivity contribution in [1.29, 1.82) is 0 Å². The molecule has 0 aromatic carbocycles. The monoisotopic (exact) mass is 283 g/mol. The average Bonchev–Trinajstić information content (AvgIpc) is 2.24. The first-order chi connectivity index (χ1) is 8.71. The summed E-state index contributed by atoms with van der Waals surface area (Å²) in [4.78, 5) is 11.0. The van der Waals surface area contributed by atoms with Crippen molar-refractivity contribution in [3.8, 4) is 0 Å². The van der Waals surface area contributed by atoms with Crippen molar-refractivity contribution in [2.75, 3.05) is 18.0 Å². The van der Waals surface area contributed by atoms with Gasteiger partial charge in [-0.05, 0) is 27.7 Å². The summed E-state index contributed by atoms with van der Waals surface area (Å²) in [6.07, 6.45) is 0.782. The fourth-order valence-electron chi connectivity index (χ4n) is 2.72. The first kappa shape index (κ1) is 14.5. The minimum atomic E-state index is -0.203. The van der Waals surface area contributed by atoms with Gasteiger partial charge in [-0.3, -0.25) is 0 Å². The van der Waals surface area contributed by atoms with Crippen molar-refractivity contribution in [1.82, 2.24) is 9.97 Å². The van der Waals surface area contributed by atoms with Crippen LogP contribution >= 0.6 is 11.6 Å². The highest BCUT2D eigenvalue weighted by molar-refractivity contribution is 6.29. The van der Waals surface area contributed by atoms with Gasteiger partial charge < -0.3 is 9.64 Å². The van der Waals surface area contributed by atoms with Gasteiger partial charge in [0.05, 0.1) is 11.2 Å². The topological polar surface area (TPSA) is 38.2 Å². The number of aryl methyl sites for hydroxylation is 1. The lowest BCUT2D eigenvalue weighted by atomic mass is 9.99. The van der Waals surface area contributed by atoms with Crippen LogP contribution in [0.5, 0.6) is 0 Å². The highest BCUT2D eigenvalue weighted by atomic mass is 35.5. The van der Waals surface area contributed by atoms with Gasteiger partial charge in [0.15, 0.2) is 0 Å². The molecule has 0 spiro atoms. The van der Waals surface area contributed by atoms with Crippen LogP contribution in [-0.2, 0) is 11.2 Å². The molecule has 5 heteroatoms. The minimum absolute atomic E-state index is 0.203. The quantitative estimate of drug-likeness (QED) is 0.782. The van der Waals surface area contributed by atoms with Crippen LogP contribution in [0.25, 0.3) is 0 Å². The van der Waals surface area contributed by atoms with E-state index in [9.17, 15) is 0 Å². The zero-order chi connectivity index (χ0) is 14.3. The van der Waals surface area contributed by atoms with E-state index in [1.807, 2.05) is 13.0 Å². The van der Waals surface area contributed by atoms with E-state index in [2.05, 4.69) is 42.6 Å². The van der Waals surface area contributed by atoms with Crippen LogP contribution in [-0.4, -0.2) is 34.3 Å². The summed E-state index contributed by atoms with van der Waals surface area (Å²) in [5, 5.41) is 0.504. The molecule has 0 radical (unpaired) electrons. The fraction of sp³-hybridized carbons (Fsp3) is 0.714. The number of nitrogens with zero attached hydrogens (tertiary/aromatic N) is 3. The number of ether oxygens (including phenoxy) is 1. The Labute approximate surface area is 120 Å². The summed E-state index contributed by atoms with van der Waals surface area (Å²) in [5.41, 5.74) is -0.406. The molecular formula is C14H22ClN3O. The second kappa shape index (κ2) is 4.91. The number of morpholine rings is 1. The fourth-order valence-corrected chi connectivity index (χ4v) is 2.92. The lowest BCUT2D eigenvalue weighted by Gasteiger charge is -2.47. The molecule has 0 amide bonds. The van der Waals surface area contributed by atoms with Crippen molar-refractivity contribution in [3.63, 3.8) is 0 Å². The zero-order valence-corrected chi connectivity index (χ0v) is 13.1. The lowest BCUT2D eigenvalue weighted by Crippen LogP contribution is -2.57. The predicted octanol–water partition coefficient (Wildman–Crippen LogP) is 3.09.